The minimum atomic E-state index is -0.302. The minimum absolute atomic E-state index is 0.0451. The zero-order chi connectivity index (χ0) is 43.6. The first-order valence-electron chi connectivity index (χ1n) is 23.2. The Balaban J connectivity index is 0.965. The molecule has 4 saturated carbocycles. The van der Waals surface area contributed by atoms with Gasteiger partial charge in [0, 0.05) is 50.8 Å². The topological polar surface area (TPSA) is 69.7 Å². The van der Waals surface area contributed by atoms with Crippen LogP contribution in [0.15, 0.2) is 72.3 Å². The van der Waals surface area contributed by atoms with Crippen molar-refractivity contribution in [2.24, 2.45) is 50.2 Å². The monoisotopic (exact) mass is 834 g/mol. The van der Waals surface area contributed by atoms with Crippen molar-refractivity contribution in [1.29, 1.82) is 0 Å². The minimum Gasteiger partial charge on any atom is -0.349 e. The lowest BCUT2D eigenvalue weighted by molar-refractivity contribution is -0.187. The molecule has 61 heavy (non-hydrogen) atoms. The predicted molar refractivity (Wildman–Crippen MR) is 240 cm³/mol. The number of amides is 3. The van der Waals surface area contributed by atoms with Crippen LogP contribution in [0.2, 0.25) is 0 Å². The van der Waals surface area contributed by atoms with Gasteiger partial charge in [0.15, 0.2) is 0 Å². The smallest absolute Gasteiger partial charge is 0.246 e. The molecule has 0 aromatic heterocycles. The number of carbonyl (C=O) groups excluding carboxylic acids is 3. The van der Waals surface area contributed by atoms with Gasteiger partial charge in [0.25, 0.3) is 0 Å². The van der Waals surface area contributed by atoms with Crippen LogP contribution >= 0.6 is 0 Å². The first kappa shape index (κ1) is 43.6. The molecule has 1 aliphatic heterocycles. The summed E-state index contributed by atoms with van der Waals surface area (Å²) in [6.45, 7) is 19.6. The summed E-state index contributed by atoms with van der Waals surface area (Å²) in [6.07, 6.45) is 20.9. The standard InChI is InChI=1S/C53H69F2N3O3/c1-48(2)26-28-53(35-47(61)58-32-30-57(31-33-58)46(60)21-13-37-10-16-39(55)17-11-37)29-27-51(6)40(41(53)34-48)18-19-43-50(5)24-23-44(49(3,4)42(50)22-25-52(43,51)7)56-45(59)20-12-36-8-14-38(54)15-9-36/h8-18,20-21,41-44H,19,22-35H2,1-7H3,(H,56,59)/b20-12+,21-13+/t41-,42-,43+,44?,50-,51+,52+,53+/m0/s1. The van der Waals surface area contributed by atoms with E-state index >= 15 is 0 Å². The number of carbonyl (C=O) groups is 3. The highest BCUT2D eigenvalue weighted by molar-refractivity contribution is 5.92. The van der Waals surface area contributed by atoms with E-state index in [2.05, 4.69) is 59.9 Å². The van der Waals surface area contributed by atoms with Crippen molar-refractivity contribution >= 4 is 29.9 Å². The maximum atomic E-state index is 14.4. The van der Waals surface area contributed by atoms with Gasteiger partial charge in [0.2, 0.25) is 17.7 Å². The molecule has 6 aliphatic rings. The fourth-order valence-corrected chi connectivity index (χ4v) is 14.3. The van der Waals surface area contributed by atoms with E-state index in [0.29, 0.717) is 50.4 Å². The summed E-state index contributed by atoms with van der Waals surface area (Å²) < 4.78 is 26.8. The summed E-state index contributed by atoms with van der Waals surface area (Å²) in [6, 6.07) is 12.4. The van der Waals surface area contributed by atoms with Crippen LogP contribution in [0.25, 0.3) is 12.2 Å². The van der Waals surface area contributed by atoms with Gasteiger partial charge in [-0.1, -0.05) is 84.4 Å². The van der Waals surface area contributed by atoms with Crippen LogP contribution in [0.5, 0.6) is 0 Å². The van der Waals surface area contributed by atoms with E-state index in [9.17, 15) is 23.2 Å². The molecule has 2 aromatic carbocycles. The highest BCUT2D eigenvalue weighted by atomic mass is 19.1. The molecule has 6 nitrogen and oxygen atoms in total. The van der Waals surface area contributed by atoms with Crippen molar-refractivity contribution < 1.29 is 23.2 Å². The average molecular weight is 834 g/mol. The van der Waals surface area contributed by atoms with Gasteiger partial charge >= 0.3 is 0 Å². The van der Waals surface area contributed by atoms with Crippen molar-refractivity contribution in [2.45, 2.75) is 125 Å². The summed E-state index contributed by atoms with van der Waals surface area (Å²) in [5.41, 5.74) is 3.66. The molecule has 0 radical (unpaired) electrons. The van der Waals surface area contributed by atoms with Crippen molar-refractivity contribution in [3.05, 3.63) is 95.1 Å². The maximum absolute atomic E-state index is 14.4. The summed E-state index contributed by atoms with van der Waals surface area (Å²) in [7, 11) is 0. The van der Waals surface area contributed by atoms with Crippen molar-refractivity contribution in [1.82, 2.24) is 15.1 Å². The number of hydrogen-bond donors (Lipinski definition) is 1. The zero-order valence-corrected chi connectivity index (χ0v) is 37.8. The van der Waals surface area contributed by atoms with Gasteiger partial charge in [0.1, 0.15) is 11.6 Å². The van der Waals surface area contributed by atoms with Crippen LogP contribution < -0.4 is 5.32 Å². The van der Waals surface area contributed by atoms with Crippen molar-refractivity contribution in [3.63, 3.8) is 0 Å². The first-order chi connectivity index (χ1) is 28.8. The lowest BCUT2D eigenvalue weighted by Crippen LogP contribution is -2.66. The normalized spacial score (nSPS) is 35.4. The summed E-state index contributed by atoms with van der Waals surface area (Å²) in [5.74, 6) is 0.888. The molecule has 1 unspecified atom stereocenters. The maximum Gasteiger partial charge on any atom is 0.246 e. The lowest BCUT2D eigenvalue weighted by atomic mass is 9.33. The Morgan fingerprint density at radius 1 is 0.705 bits per heavy atom. The second-order valence-corrected chi connectivity index (χ2v) is 22.2. The van der Waals surface area contributed by atoms with Crippen molar-refractivity contribution in [2.75, 3.05) is 26.2 Å². The molecular weight excluding hydrogens is 765 g/mol. The SMILES string of the molecule is CC1(C)CC[C@]2(CC(=O)N3CCN(C(=O)/C=C/c4ccc(F)cc4)CC3)CC[C@]3(C)C(=CC[C@@H]4[C@@]5(C)CCC(NC(=O)/C=C/c6ccc(F)cc6)C(C)(C)[C@@H]5CC[C@]43C)[C@@H]2C1. The Bertz CT molecular complexity index is 2100. The van der Waals surface area contributed by atoms with E-state index in [-0.39, 0.29) is 67.9 Å². The third-order valence-corrected chi connectivity index (χ3v) is 18.2. The lowest BCUT2D eigenvalue weighted by Gasteiger charge is -2.71. The fraction of sp³-hybridized carbons (Fsp3) is 0.604. The molecule has 0 bridgehead atoms. The second-order valence-electron chi connectivity index (χ2n) is 22.2. The van der Waals surface area contributed by atoms with Gasteiger partial charge in [-0.3, -0.25) is 14.4 Å². The fourth-order valence-electron chi connectivity index (χ4n) is 14.3. The molecule has 1 heterocycles. The highest BCUT2D eigenvalue weighted by Gasteiger charge is 2.68. The summed E-state index contributed by atoms with van der Waals surface area (Å²) in [4.78, 5) is 44.6. The molecule has 5 fully saturated rings. The molecule has 328 valence electrons. The van der Waals surface area contributed by atoms with Crippen LogP contribution in [0, 0.1) is 61.9 Å². The number of benzene rings is 2. The van der Waals surface area contributed by atoms with E-state index in [1.165, 1.54) is 30.7 Å². The molecule has 3 amide bonds. The van der Waals surface area contributed by atoms with Crippen LogP contribution in [-0.2, 0) is 14.4 Å². The predicted octanol–water partition coefficient (Wildman–Crippen LogP) is 11.0. The Morgan fingerprint density at radius 2 is 1.30 bits per heavy atom. The van der Waals surface area contributed by atoms with Gasteiger partial charge in [-0.15, -0.1) is 0 Å². The Hall–Kier alpha value is -4.07. The second kappa shape index (κ2) is 15.9. The highest BCUT2D eigenvalue weighted by Crippen LogP contribution is 2.76. The number of rotatable bonds is 7. The number of nitrogens with one attached hydrogen (secondary N) is 1. The number of allylic oxidation sites excluding steroid dienone is 2. The van der Waals surface area contributed by atoms with Crippen molar-refractivity contribution in [3.8, 4) is 0 Å². The van der Waals surface area contributed by atoms with E-state index in [1.54, 1.807) is 54.1 Å². The molecular formula is C53H69F2N3O3. The number of nitrogens with zero attached hydrogens (tertiary/aromatic N) is 2. The van der Waals surface area contributed by atoms with E-state index in [0.717, 1.165) is 68.9 Å². The molecule has 8 heteroatoms. The van der Waals surface area contributed by atoms with Gasteiger partial charge in [-0.2, -0.15) is 0 Å². The Labute approximate surface area is 363 Å². The molecule has 1 N–H and O–H groups in total. The number of halogens is 2. The number of piperazine rings is 1. The van der Waals surface area contributed by atoms with Crippen LogP contribution in [0.4, 0.5) is 8.78 Å². The zero-order valence-electron chi connectivity index (χ0n) is 37.8. The van der Waals surface area contributed by atoms with Gasteiger partial charge in [-0.05, 0) is 162 Å². The Morgan fingerprint density at radius 3 is 1.93 bits per heavy atom. The Kier molecular flexibility index (Phi) is 11.4. The third-order valence-electron chi connectivity index (χ3n) is 18.2. The molecule has 5 aliphatic carbocycles. The average Bonchev–Trinajstić information content (AvgIpc) is 3.22. The van der Waals surface area contributed by atoms with Crippen LogP contribution in [0.1, 0.15) is 130 Å². The first-order valence-corrected chi connectivity index (χ1v) is 23.2. The van der Waals surface area contributed by atoms with E-state index in [4.69, 9.17) is 0 Å². The van der Waals surface area contributed by atoms with E-state index in [1.807, 2.05) is 9.80 Å². The van der Waals surface area contributed by atoms with Gasteiger partial charge in [0.05, 0.1) is 0 Å². The summed E-state index contributed by atoms with van der Waals surface area (Å²) in [5, 5.41) is 3.40. The van der Waals surface area contributed by atoms with E-state index < -0.39 is 0 Å². The molecule has 8 atom stereocenters. The van der Waals surface area contributed by atoms with Crippen LogP contribution in [0.3, 0.4) is 0 Å². The molecule has 1 saturated heterocycles. The van der Waals surface area contributed by atoms with Crippen LogP contribution in [-0.4, -0.2) is 59.7 Å². The molecule has 0 spiro atoms. The number of fused-ring (bicyclic) bond motifs is 7. The van der Waals surface area contributed by atoms with Gasteiger partial charge < -0.3 is 15.1 Å². The molecule has 2 aromatic rings. The van der Waals surface area contributed by atoms with Gasteiger partial charge in [-0.25, -0.2) is 8.78 Å². The quantitative estimate of drug-likeness (QED) is 0.223. The molecule has 8 rings (SSSR count). The number of hydrogen-bond acceptors (Lipinski definition) is 3. The summed E-state index contributed by atoms with van der Waals surface area (Å²) >= 11 is 0. The largest absolute Gasteiger partial charge is 0.349 e. The third kappa shape index (κ3) is 7.85.